The Kier molecular flexibility index (Phi) is 5.38. The lowest BCUT2D eigenvalue weighted by atomic mass is 10.2. The van der Waals surface area contributed by atoms with Crippen LogP contribution in [0.4, 0.5) is 5.69 Å². The number of sulfonamides is 1. The van der Waals surface area contributed by atoms with Crippen LogP contribution in [0.1, 0.15) is 25.0 Å². The Balaban J connectivity index is 2.25. The Bertz CT molecular complexity index is 759. The summed E-state index contributed by atoms with van der Waals surface area (Å²) in [6.45, 7) is 6.26. The molecule has 0 amide bonds. The highest BCUT2D eigenvalue weighted by Gasteiger charge is 2.23. The zero-order chi connectivity index (χ0) is 17.0. The normalized spacial score (nSPS) is 11.9. The molecule has 5 nitrogen and oxygen atoms in total. The van der Waals surface area contributed by atoms with Gasteiger partial charge in [0.25, 0.3) is 0 Å². The van der Waals surface area contributed by atoms with Crippen molar-refractivity contribution in [2.45, 2.75) is 38.3 Å². The van der Waals surface area contributed by atoms with Gasteiger partial charge in [-0.25, -0.2) is 8.42 Å². The molecule has 0 aliphatic heterocycles. The van der Waals surface area contributed by atoms with Crippen LogP contribution in [0.3, 0.4) is 0 Å². The average Bonchev–Trinajstić information content (AvgIpc) is 2.54. The topological polar surface area (TPSA) is 62.3 Å². The van der Waals surface area contributed by atoms with Gasteiger partial charge in [0.15, 0.2) is 0 Å². The summed E-state index contributed by atoms with van der Waals surface area (Å²) in [7, 11) is -1.88. The molecule has 6 heteroatoms. The zero-order valence-electron chi connectivity index (χ0n) is 13.9. The van der Waals surface area contributed by atoms with E-state index in [4.69, 9.17) is 0 Å². The van der Waals surface area contributed by atoms with Crippen molar-refractivity contribution >= 4 is 15.7 Å². The number of nitrogens with zero attached hydrogens (tertiary/aromatic N) is 2. The predicted molar refractivity (Wildman–Crippen MR) is 92.8 cm³/mol. The molecule has 0 radical (unpaired) electrons. The number of anilines is 1. The lowest BCUT2D eigenvalue weighted by Crippen LogP contribution is -2.33. The van der Waals surface area contributed by atoms with Crippen molar-refractivity contribution in [3.8, 4) is 0 Å². The zero-order valence-corrected chi connectivity index (χ0v) is 14.8. The van der Waals surface area contributed by atoms with Crippen molar-refractivity contribution in [3.05, 3.63) is 53.9 Å². The summed E-state index contributed by atoms with van der Waals surface area (Å²) in [6, 6.07) is 8.93. The minimum atomic E-state index is -3.48. The van der Waals surface area contributed by atoms with Gasteiger partial charge >= 0.3 is 0 Å². The molecule has 0 bridgehead atoms. The minimum Gasteiger partial charge on any atom is -0.381 e. The summed E-state index contributed by atoms with van der Waals surface area (Å²) in [5.41, 5.74) is 2.85. The summed E-state index contributed by atoms with van der Waals surface area (Å²) in [6.07, 6.45) is 3.51. The van der Waals surface area contributed by atoms with E-state index in [0.29, 0.717) is 11.4 Å². The third-order valence-electron chi connectivity index (χ3n) is 3.82. The standard InChI is InChI=1S/C17H23N3O2S/c1-13(2)20(4)23(21,22)16-8-7-14(3)17(10-16)19-12-15-6-5-9-18-11-15/h5-11,13,19H,12H2,1-4H3. The first-order valence-corrected chi connectivity index (χ1v) is 8.98. The molecule has 124 valence electrons. The van der Waals surface area contributed by atoms with E-state index in [1.807, 2.05) is 39.0 Å². The first-order valence-electron chi connectivity index (χ1n) is 7.54. The van der Waals surface area contributed by atoms with E-state index >= 15 is 0 Å². The molecule has 0 saturated carbocycles. The number of aryl methyl sites for hydroxylation is 1. The minimum absolute atomic E-state index is 0.0897. The van der Waals surface area contributed by atoms with Gasteiger partial charge < -0.3 is 5.32 Å². The molecule has 2 rings (SSSR count). The molecule has 0 fully saturated rings. The van der Waals surface area contributed by atoms with Gasteiger partial charge in [-0.1, -0.05) is 12.1 Å². The van der Waals surface area contributed by atoms with Crippen LogP contribution in [0.5, 0.6) is 0 Å². The molecule has 1 N–H and O–H groups in total. The quantitative estimate of drug-likeness (QED) is 0.882. The van der Waals surface area contributed by atoms with Gasteiger partial charge in [-0.2, -0.15) is 4.31 Å². The van der Waals surface area contributed by atoms with E-state index < -0.39 is 10.0 Å². The average molecular weight is 333 g/mol. The second kappa shape index (κ2) is 7.10. The SMILES string of the molecule is Cc1ccc(S(=O)(=O)N(C)C(C)C)cc1NCc1cccnc1. The summed E-state index contributed by atoms with van der Waals surface area (Å²) in [5.74, 6) is 0. The maximum Gasteiger partial charge on any atom is 0.243 e. The van der Waals surface area contributed by atoms with Crippen LogP contribution in [-0.2, 0) is 16.6 Å². The second-order valence-corrected chi connectivity index (χ2v) is 7.80. The maximum absolute atomic E-state index is 12.6. The molecule has 23 heavy (non-hydrogen) atoms. The molecular weight excluding hydrogens is 310 g/mol. The molecule has 0 aliphatic carbocycles. The largest absolute Gasteiger partial charge is 0.381 e. The van der Waals surface area contributed by atoms with Crippen molar-refractivity contribution in [2.24, 2.45) is 0 Å². The Morgan fingerprint density at radius 3 is 2.61 bits per heavy atom. The van der Waals surface area contributed by atoms with Gasteiger partial charge in [0, 0.05) is 37.7 Å². The number of hydrogen-bond acceptors (Lipinski definition) is 4. The Labute approximate surface area is 138 Å². The Hall–Kier alpha value is -1.92. The number of aromatic nitrogens is 1. The van der Waals surface area contributed by atoms with E-state index in [2.05, 4.69) is 10.3 Å². The fraction of sp³-hybridized carbons (Fsp3) is 0.353. The Morgan fingerprint density at radius 1 is 1.26 bits per heavy atom. The third kappa shape index (κ3) is 4.09. The van der Waals surface area contributed by atoms with Crippen molar-refractivity contribution in [2.75, 3.05) is 12.4 Å². The second-order valence-electron chi connectivity index (χ2n) is 5.81. The summed E-state index contributed by atoms with van der Waals surface area (Å²) in [5, 5.41) is 3.29. The molecule has 0 unspecified atom stereocenters. The van der Waals surface area contributed by atoms with Gasteiger partial charge in [-0.3, -0.25) is 4.98 Å². The smallest absolute Gasteiger partial charge is 0.243 e. The first kappa shape index (κ1) is 17.4. The van der Waals surface area contributed by atoms with Crippen molar-refractivity contribution < 1.29 is 8.42 Å². The van der Waals surface area contributed by atoms with E-state index in [1.54, 1.807) is 31.6 Å². The molecule has 0 aliphatic rings. The number of pyridine rings is 1. The number of rotatable bonds is 6. The molecule has 0 spiro atoms. The van der Waals surface area contributed by atoms with Crippen molar-refractivity contribution in [3.63, 3.8) is 0 Å². The third-order valence-corrected chi connectivity index (χ3v) is 5.85. The highest BCUT2D eigenvalue weighted by atomic mass is 32.2. The maximum atomic E-state index is 12.6. The highest BCUT2D eigenvalue weighted by molar-refractivity contribution is 7.89. The van der Waals surface area contributed by atoms with Gasteiger partial charge in [0.2, 0.25) is 10.0 Å². The van der Waals surface area contributed by atoms with Crippen LogP contribution < -0.4 is 5.32 Å². The van der Waals surface area contributed by atoms with Gasteiger partial charge in [-0.15, -0.1) is 0 Å². The fourth-order valence-corrected chi connectivity index (χ4v) is 3.49. The summed E-state index contributed by atoms with van der Waals surface area (Å²) >= 11 is 0. The lowest BCUT2D eigenvalue weighted by Gasteiger charge is -2.21. The molecule has 0 saturated heterocycles. The van der Waals surface area contributed by atoms with Gasteiger partial charge in [-0.05, 0) is 50.1 Å². The lowest BCUT2D eigenvalue weighted by molar-refractivity contribution is 0.410. The summed E-state index contributed by atoms with van der Waals surface area (Å²) in [4.78, 5) is 4.38. The van der Waals surface area contributed by atoms with Crippen LogP contribution in [0.2, 0.25) is 0 Å². The monoisotopic (exact) mass is 333 g/mol. The van der Waals surface area contributed by atoms with Crippen LogP contribution in [0.25, 0.3) is 0 Å². The highest BCUT2D eigenvalue weighted by Crippen LogP contribution is 2.23. The predicted octanol–water partition coefficient (Wildman–Crippen LogP) is 3.03. The number of hydrogen-bond donors (Lipinski definition) is 1. The first-order chi connectivity index (χ1) is 10.8. The molecule has 1 aromatic heterocycles. The van der Waals surface area contributed by atoms with E-state index in [-0.39, 0.29) is 6.04 Å². The molecule has 1 aromatic carbocycles. The fourth-order valence-electron chi connectivity index (χ4n) is 2.10. The molecule has 2 aromatic rings. The summed E-state index contributed by atoms with van der Waals surface area (Å²) < 4.78 is 26.6. The van der Waals surface area contributed by atoms with Crippen molar-refractivity contribution in [1.82, 2.24) is 9.29 Å². The van der Waals surface area contributed by atoms with Crippen molar-refractivity contribution in [1.29, 1.82) is 0 Å². The number of nitrogens with one attached hydrogen (secondary N) is 1. The molecule has 1 heterocycles. The van der Waals surface area contributed by atoms with E-state index in [1.165, 1.54) is 4.31 Å². The van der Waals surface area contributed by atoms with Gasteiger partial charge in [0.1, 0.15) is 0 Å². The van der Waals surface area contributed by atoms with E-state index in [9.17, 15) is 8.42 Å². The van der Waals surface area contributed by atoms with Gasteiger partial charge in [0.05, 0.1) is 4.90 Å². The van der Waals surface area contributed by atoms with Crippen LogP contribution in [-0.4, -0.2) is 30.8 Å². The van der Waals surface area contributed by atoms with E-state index in [0.717, 1.165) is 16.8 Å². The Morgan fingerprint density at radius 2 is 2.00 bits per heavy atom. The van der Waals surface area contributed by atoms with Crippen LogP contribution in [0.15, 0.2) is 47.6 Å². The van der Waals surface area contributed by atoms with Crippen LogP contribution >= 0.6 is 0 Å². The molecular formula is C17H23N3O2S. The molecule has 0 atom stereocenters. The number of benzene rings is 1. The van der Waals surface area contributed by atoms with Crippen LogP contribution in [0, 0.1) is 6.92 Å².